The number of nitrogen functional groups attached to an aromatic ring is 1. The Balaban J connectivity index is 2.86. The van der Waals surface area contributed by atoms with Gasteiger partial charge in [0.25, 0.3) is 0 Å². The normalized spacial score (nSPS) is 9.93. The number of methoxy groups -OCH3 is 1. The lowest BCUT2D eigenvalue weighted by Crippen LogP contribution is -2.12. The fourth-order valence-corrected chi connectivity index (χ4v) is 1.21. The molecule has 1 aromatic rings. The number of carboxylic acid groups (broad SMARTS) is 1. The zero-order valence-electron chi connectivity index (χ0n) is 8.27. The molecule has 6 nitrogen and oxygen atoms in total. The third kappa shape index (κ3) is 2.73. The molecule has 0 aliphatic carbocycles. The number of carbonyl (C=O) groups excluding carboxylic acids is 1. The van der Waals surface area contributed by atoms with Crippen molar-refractivity contribution in [3.8, 4) is 0 Å². The number of hydrogen-bond donors (Lipinski definition) is 2. The number of aromatic nitrogens is 1. The van der Waals surface area contributed by atoms with Crippen molar-refractivity contribution in [2.45, 2.75) is 13.0 Å². The topological polar surface area (TPSA) is 94.5 Å². The maximum absolute atomic E-state index is 11.2. The predicted octanol–water partition coefficient (Wildman–Crippen LogP) is 0.332. The number of anilines is 1. The van der Waals surface area contributed by atoms with Gasteiger partial charge in [0.05, 0.1) is 19.2 Å². The van der Waals surface area contributed by atoms with Crippen LogP contribution in [-0.4, -0.2) is 28.7 Å². The standard InChI is InChI=1S/C9H12N2O4/c1-15-9(14)7-4-6(10)5-11(7)3-2-8(12)13/h4-5H,2-3,10H2,1H3,(H,12,13). The summed E-state index contributed by atoms with van der Waals surface area (Å²) in [6.45, 7) is 0.191. The van der Waals surface area contributed by atoms with Crippen LogP contribution in [-0.2, 0) is 16.1 Å². The zero-order chi connectivity index (χ0) is 11.4. The molecule has 1 rings (SSSR count). The molecule has 0 saturated heterocycles. The van der Waals surface area contributed by atoms with E-state index in [1.54, 1.807) is 0 Å². The first kappa shape index (κ1) is 11.1. The van der Waals surface area contributed by atoms with E-state index in [4.69, 9.17) is 10.8 Å². The third-order valence-electron chi connectivity index (χ3n) is 1.88. The highest BCUT2D eigenvalue weighted by molar-refractivity contribution is 5.89. The van der Waals surface area contributed by atoms with Gasteiger partial charge in [-0.25, -0.2) is 4.79 Å². The molecule has 0 aromatic carbocycles. The first-order valence-corrected chi connectivity index (χ1v) is 4.30. The third-order valence-corrected chi connectivity index (χ3v) is 1.88. The molecular weight excluding hydrogens is 200 g/mol. The molecule has 3 N–H and O–H groups in total. The Labute approximate surface area is 86.2 Å². The number of nitrogens with zero attached hydrogens (tertiary/aromatic N) is 1. The molecule has 0 aliphatic heterocycles. The molecule has 1 heterocycles. The second-order valence-electron chi connectivity index (χ2n) is 2.99. The molecule has 15 heavy (non-hydrogen) atoms. The monoisotopic (exact) mass is 212 g/mol. The summed E-state index contributed by atoms with van der Waals surface area (Å²) in [5, 5.41) is 8.51. The van der Waals surface area contributed by atoms with E-state index >= 15 is 0 Å². The molecule has 0 saturated carbocycles. The van der Waals surface area contributed by atoms with E-state index in [1.807, 2.05) is 0 Å². The number of aliphatic carboxylic acids is 1. The van der Waals surface area contributed by atoms with Crippen molar-refractivity contribution in [3.63, 3.8) is 0 Å². The first-order valence-electron chi connectivity index (χ1n) is 4.30. The van der Waals surface area contributed by atoms with Crippen LogP contribution in [0.3, 0.4) is 0 Å². The van der Waals surface area contributed by atoms with E-state index < -0.39 is 11.9 Å². The summed E-state index contributed by atoms with van der Waals surface area (Å²) in [6, 6.07) is 1.45. The number of hydrogen-bond acceptors (Lipinski definition) is 4. The number of esters is 1. The SMILES string of the molecule is COC(=O)c1cc(N)cn1CCC(=O)O. The molecule has 0 unspecified atom stereocenters. The maximum Gasteiger partial charge on any atom is 0.354 e. The smallest absolute Gasteiger partial charge is 0.354 e. The van der Waals surface area contributed by atoms with Gasteiger partial charge in [0.1, 0.15) is 5.69 Å². The molecule has 1 aromatic heterocycles. The second kappa shape index (κ2) is 4.50. The highest BCUT2D eigenvalue weighted by atomic mass is 16.5. The van der Waals surface area contributed by atoms with Crippen LogP contribution in [0.15, 0.2) is 12.3 Å². The number of carbonyl (C=O) groups is 2. The van der Waals surface area contributed by atoms with E-state index in [-0.39, 0.29) is 18.7 Å². The minimum absolute atomic E-state index is 0.0713. The molecule has 0 amide bonds. The van der Waals surface area contributed by atoms with Crippen LogP contribution in [0.5, 0.6) is 0 Å². The second-order valence-corrected chi connectivity index (χ2v) is 2.99. The molecular formula is C9H12N2O4. The zero-order valence-corrected chi connectivity index (χ0v) is 8.27. The number of rotatable bonds is 4. The van der Waals surface area contributed by atoms with Crippen LogP contribution in [0.25, 0.3) is 0 Å². The Bertz CT molecular complexity index is 383. The maximum atomic E-state index is 11.2. The quantitative estimate of drug-likeness (QED) is 0.701. The van der Waals surface area contributed by atoms with E-state index in [0.29, 0.717) is 5.69 Å². The van der Waals surface area contributed by atoms with Gasteiger partial charge in [0.15, 0.2) is 0 Å². The number of nitrogens with two attached hydrogens (primary N) is 1. The number of ether oxygens (including phenoxy) is 1. The molecule has 0 aliphatic rings. The lowest BCUT2D eigenvalue weighted by Gasteiger charge is -2.04. The molecule has 0 bridgehead atoms. The lowest BCUT2D eigenvalue weighted by atomic mass is 10.4. The Morgan fingerprint density at radius 3 is 2.80 bits per heavy atom. The average Bonchev–Trinajstić information content (AvgIpc) is 2.55. The van der Waals surface area contributed by atoms with Crippen molar-refractivity contribution in [2.75, 3.05) is 12.8 Å². The van der Waals surface area contributed by atoms with Crippen molar-refractivity contribution in [1.29, 1.82) is 0 Å². The summed E-state index contributed by atoms with van der Waals surface area (Å²) in [5.41, 5.74) is 6.17. The summed E-state index contributed by atoms with van der Waals surface area (Å²) in [6.07, 6.45) is 1.44. The summed E-state index contributed by atoms with van der Waals surface area (Å²) in [7, 11) is 1.26. The van der Waals surface area contributed by atoms with Gasteiger partial charge in [-0.1, -0.05) is 0 Å². The van der Waals surface area contributed by atoms with Crippen LogP contribution in [0.4, 0.5) is 5.69 Å². The van der Waals surface area contributed by atoms with Crippen molar-refractivity contribution < 1.29 is 19.4 Å². The summed E-state index contributed by atoms with van der Waals surface area (Å²) in [5.74, 6) is -1.46. The number of carboxylic acids is 1. The Morgan fingerprint density at radius 2 is 2.27 bits per heavy atom. The van der Waals surface area contributed by atoms with Crippen molar-refractivity contribution >= 4 is 17.6 Å². The molecule has 0 fully saturated rings. The summed E-state index contributed by atoms with van der Waals surface area (Å²) >= 11 is 0. The van der Waals surface area contributed by atoms with E-state index in [0.717, 1.165) is 0 Å². The van der Waals surface area contributed by atoms with Gasteiger partial charge in [-0.15, -0.1) is 0 Å². The van der Waals surface area contributed by atoms with E-state index in [1.165, 1.54) is 23.9 Å². The highest BCUT2D eigenvalue weighted by Crippen LogP contribution is 2.12. The molecule has 0 radical (unpaired) electrons. The van der Waals surface area contributed by atoms with Crippen molar-refractivity contribution in [3.05, 3.63) is 18.0 Å². The fourth-order valence-electron chi connectivity index (χ4n) is 1.21. The summed E-state index contributed by atoms with van der Waals surface area (Å²) in [4.78, 5) is 21.6. The minimum Gasteiger partial charge on any atom is -0.481 e. The molecule has 0 spiro atoms. The van der Waals surface area contributed by atoms with Gasteiger partial charge >= 0.3 is 11.9 Å². The molecule has 0 atom stereocenters. The van der Waals surface area contributed by atoms with Gasteiger partial charge < -0.3 is 20.1 Å². The lowest BCUT2D eigenvalue weighted by molar-refractivity contribution is -0.137. The van der Waals surface area contributed by atoms with Crippen molar-refractivity contribution in [2.24, 2.45) is 0 Å². The van der Waals surface area contributed by atoms with Gasteiger partial charge in [0, 0.05) is 12.7 Å². The van der Waals surface area contributed by atoms with Crippen LogP contribution in [0.1, 0.15) is 16.9 Å². The molecule has 82 valence electrons. The van der Waals surface area contributed by atoms with Crippen LogP contribution < -0.4 is 5.73 Å². The van der Waals surface area contributed by atoms with Crippen LogP contribution in [0.2, 0.25) is 0 Å². The first-order chi connectivity index (χ1) is 7.04. The fraction of sp³-hybridized carbons (Fsp3) is 0.333. The minimum atomic E-state index is -0.932. The Morgan fingerprint density at radius 1 is 1.60 bits per heavy atom. The Hall–Kier alpha value is -1.98. The van der Waals surface area contributed by atoms with Gasteiger partial charge in [0.2, 0.25) is 0 Å². The predicted molar refractivity (Wildman–Crippen MR) is 52.4 cm³/mol. The van der Waals surface area contributed by atoms with Gasteiger partial charge in [-0.05, 0) is 6.07 Å². The van der Waals surface area contributed by atoms with Crippen LogP contribution in [0, 0.1) is 0 Å². The largest absolute Gasteiger partial charge is 0.481 e. The van der Waals surface area contributed by atoms with Gasteiger partial charge in [-0.3, -0.25) is 4.79 Å². The van der Waals surface area contributed by atoms with Crippen LogP contribution >= 0.6 is 0 Å². The molecule has 6 heteroatoms. The van der Waals surface area contributed by atoms with Gasteiger partial charge in [-0.2, -0.15) is 0 Å². The van der Waals surface area contributed by atoms with E-state index in [9.17, 15) is 9.59 Å². The van der Waals surface area contributed by atoms with Crippen molar-refractivity contribution in [1.82, 2.24) is 4.57 Å². The summed E-state index contributed by atoms with van der Waals surface area (Å²) < 4.78 is 6.00. The number of aryl methyl sites for hydroxylation is 1. The highest BCUT2D eigenvalue weighted by Gasteiger charge is 2.13. The van der Waals surface area contributed by atoms with E-state index in [2.05, 4.69) is 4.74 Å². The Kier molecular flexibility index (Phi) is 3.33. The average molecular weight is 212 g/mol.